The van der Waals surface area contributed by atoms with Crippen LogP contribution in [0.15, 0.2) is 42.5 Å². The number of nitrogens with one attached hydrogen (secondary N) is 1. The van der Waals surface area contributed by atoms with Gasteiger partial charge in [-0.25, -0.2) is 14.8 Å². The highest BCUT2D eigenvalue weighted by Gasteiger charge is 2.23. The molecule has 1 fully saturated rings. The number of carbonyl (C=O) groups is 1. The van der Waals surface area contributed by atoms with Crippen molar-refractivity contribution in [1.29, 1.82) is 0 Å². The summed E-state index contributed by atoms with van der Waals surface area (Å²) in [6.45, 7) is 6.62. The van der Waals surface area contributed by atoms with E-state index in [2.05, 4.69) is 15.2 Å². The molecule has 1 aliphatic rings. The number of anilines is 2. The van der Waals surface area contributed by atoms with Crippen molar-refractivity contribution in [3.05, 3.63) is 80.2 Å². The van der Waals surface area contributed by atoms with Gasteiger partial charge in [0.2, 0.25) is 0 Å². The smallest absolute Gasteiger partial charge is 0.321 e. The summed E-state index contributed by atoms with van der Waals surface area (Å²) >= 11 is 18.2. The Morgan fingerprint density at radius 1 is 0.941 bits per heavy atom. The molecular weight excluding hydrogens is 493 g/mol. The van der Waals surface area contributed by atoms with Gasteiger partial charge in [-0.05, 0) is 56.2 Å². The Morgan fingerprint density at radius 3 is 2.41 bits per heavy atom. The molecule has 0 aliphatic carbocycles. The van der Waals surface area contributed by atoms with Crippen LogP contribution in [-0.4, -0.2) is 47.1 Å². The Morgan fingerprint density at radius 2 is 1.68 bits per heavy atom. The van der Waals surface area contributed by atoms with Crippen LogP contribution in [0.4, 0.5) is 16.3 Å². The van der Waals surface area contributed by atoms with E-state index >= 15 is 0 Å². The molecule has 0 bridgehead atoms. The van der Waals surface area contributed by atoms with Crippen LogP contribution in [0.1, 0.15) is 29.1 Å². The summed E-state index contributed by atoms with van der Waals surface area (Å²) in [6, 6.07) is 12.7. The second kappa shape index (κ2) is 10.8. The number of hydrogen-bond acceptors (Lipinski definition) is 4. The number of benzene rings is 2. The van der Waals surface area contributed by atoms with Crippen LogP contribution in [0, 0.1) is 13.8 Å². The van der Waals surface area contributed by atoms with E-state index in [1.54, 1.807) is 18.2 Å². The van der Waals surface area contributed by atoms with Gasteiger partial charge in [-0.15, -0.1) is 0 Å². The maximum Gasteiger partial charge on any atom is 0.321 e. The molecule has 0 saturated carbocycles. The fourth-order valence-electron chi connectivity index (χ4n) is 4.11. The summed E-state index contributed by atoms with van der Waals surface area (Å²) in [5, 5.41) is 4.55. The van der Waals surface area contributed by atoms with E-state index in [0.29, 0.717) is 46.8 Å². The van der Waals surface area contributed by atoms with Crippen LogP contribution >= 0.6 is 34.8 Å². The third-order valence-electron chi connectivity index (χ3n) is 5.85. The lowest BCUT2D eigenvalue weighted by atomic mass is 10.0. The zero-order valence-electron chi connectivity index (χ0n) is 19.1. The Labute approximate surface area is 214 Å². The molecule has 178 valence electrons. The highest BCUT2D eigenvalue weighted by Crippen LogP contribution is 2.27. The van der Waals surface area contributed by atoms with Crippen LogP contribution in [0.25, 0.3) is 0 Å². The molecule has 0 atom stereocenters. The predicted octanol–water partition coefficient (Wildman–Crippen LogP) is 6.39. The summed E-state index contributed by atoms with van der Waals surface area (Å²) in [4.78, 5) is 26.4. The zero-order valence-corrected chi connectivity index (χ0v) is 21.4. The van der Waals surface area contributed by atoms with Crippen LogP contribution < -0.4 is 10.2 Å². The second-order valence-electron chi connectivity index (χ2n) is 8.34. The van der Waals surface area contributed by atoms with E-state index in [1.807, 2.05) is 43.0 Å². The maximum atomic E-state index is 12.9. The monoisotopic (exact) mass is 517 g/mol. The molecule has 9 heteroatoms. The standard InChI is InChI=1S/C25H26Cl3N5O/c1-16-21(14-18-4-6-19(26)7-5-18)24(30-17(2)29-16)32-10-3-11-33(13-12-32)25(34)31-23-9-8-20(27)15-22(23)28/h4-9,15H,3,10-14H2,1-2H3,(H,31,34). The normalized spacial score (nSPS) is 14.1. The minimum Gasteiger partial charge on any atom is -0.354 e. The molecule has 3 aromatic rings. The van der Waals surface area contributed by atoms with Crippen molar-refractivity contribution >= 4 is 52.3 Å². The van der Waals surface area contributed by atoms with Gasteiger partial charge in [-0.3, -0.25) is 0 Å². The Kier molecular flexibility index (Phi) is 7.81. The molecule has 1 N–H and O–H groups in total. The van der Waals surface area contributed by atoms with Crippen molar-refractivity contribution in [3.63, 3.8) is 0 Å². The lowest BCUT2D eigenvalue weighted by Crippen LogP contribution is -2.38. The first-order valence-corrected chi connectivity index (χ1v) is 12.3. The van der Waals surface area contributed by atoms with E-state index in [0.717, 1.165) is 41.4 Å². The van der Waals surface area contributed by atoms with E-state index in [4.69, 9.17) is 39.8 Å². The van der Waals surface area contributed by atoms with Crippen LogP contribution in [0.2, 0.25) is 15.1 Å². The van der Waals surface area contributed by atoms with Crippen molar-refractivity contribution in [2.24, 2.45) is 0 Å². The van der Waals surface area contributed by atoms with Gasteiger partial charge in [-0.1, -0.05) is 46.9 Å². The minimum atomic E-state index is -0.178. The highest BCUT2D eigenvalue weighted by molar-refractivity contribution is 6.36. The molecule has 2 aromatic carbocycles. The fraction of sp³-hybridized carbons (Fsp3) is 0.320. The van der Waals surface area contributed by atoms with E-state index < -0.39 is 0 Å². The first kappa shape index (κ1) is 24.6. The zero-order chi connectivity index (χ0) is 24.2. The Hall–Kier alpha value is -2.54. The first-order chi connectivity index (χ1) is 16.3. The molecule has 2 amide bonds. The topological polar surface area (TPSA) is 61.4 Å². The van der Waals surface area contributed by atoms with Crippen LogP contribution in [0.5, 0.6) is 0 Å². The lowest BCUT2D eigenvalue weighted by molar-refractivity contribution is 0.215. The van der Waals surface area contributed by atoms with E-state index in [9.17, 15) is 4.79 Å². The molecule has 4 rings (SSSR count). The fourth-order valence-corrected chi connectivity index (χ4v) is 4.69. The van der Waals surface area contributed by atoms with Gasteiger partial charge in [-0.2, -0.15) is 0 Å². The lowest BCUT2D eigenvalue weighted by Gasteiger charge is -2.26. The third kappa shape index (κ3) is 5.93. The number of aromatic nitrogens is 2. The van der Waals surface area contributed by atoms with Gasteiger partial charge in [0.15, 0.2) is 0 Å². The van der Waals surface area contributed by atoms with Crippen molar-refractivity contribution in [3.8, 4) is 0 Å². The van der Waals surface area contributed by atoms with Gasteiger partial charge in [0, 0.05) is 53.9 Å². The summed E-state index contributed by atoms with van der Waals surface area (Å²) < 4.78 is 0. The molecule has 1 saturated heterocycles. The molecule has 0 unspecified atom stereocenters. The largest absolute Gasteiger partial charge is 0.354 e. The molecule has 0 spiro atoms. The van der Waals surface area contributed by atoms with E-state index in [1.165, 1.54) is 0 Å². The first-order valence-electron chi connectivity index (χ1n) is 11.1. The van der Waals surface area contributed by atoms with Gasteiger partial charge < -0.3 is 15.1 Å². The van der Waals surface area contributed by atoms with Crippen molar-refractivity contribution in [2.45, 2.75) is 26.7 Å². The minimum absolute atomic E-state index is 0.178. The molecule has 6 nitrogen and oxygen atoms in total. The van der Waals surface area contributed by atoms with Gasteiger partial charge in [0.25, 0.3) is 0 Å². The highest BCUT2D eigenvalue weighted by atomic mass is 35.5. The summed E-state index contributed by atoms with van der Waals surface area (Å²) in [5.41, 5.74) is 3.76. The molecule has 34 heavy (non-hydrogen) atoms. The van der Waals surface area contributed by atoms with E-state index in [-0.39, 0.29) is 6.03 Å². The Bertz CT molecular complexity index is 1190. The molecule has 2 heterocycles. The third-order valence-corrected chi connectivity index (χ3v) is 6.65. The number of halogens is 3. The van der Waals surface area contributed by atoms with Gasteiger partial charge in [0.1, 0.15) is 11.6 Å². The second-order valence-corrected chi connectivity index (χ2v) is 9.62. The number of rotatable bonds is 4. The quantitative estimate of drug-likeness (QED) is 0.435. The number of amides is 2. The van der Waals surface area contributed by atoms with Gasteiger partial charge in [0.05, 0.1) is 10.7 Å². The van der Waals surface area contributed by atoms with Crippen molar-refractivity contribution in [2.75, 3.05) is 36.4 Å². The molecular formula is C25H26Cl3N5O. The number of carbonyl (C=O) groups excluding carboxylic acids is 1. The molecule has 1 aliphatic heterocycles. The van der Waals surface area contributed by atoms with Gasteiger partial charge >= 0.3 is 6.03 Å². The summed E-state index contributed by atoms with van der Waals surface area (Å²) in [5.74, 6) is 1.67. The molecule has 1 aromatic heterocycles. The number of urea groups is 1. The summed E-state index contributed by atoms with van der Waals surface area (Å²) in [7, 11) is 0. The Balaban J connectivity index is 1.50. The summed E-state index contributed by atoms with van der Waals surface area (Å²) in [6.07, 6.45) is 1.54. The predicted molar refractivity (Wildman–Crippen MR) is 140 cm³/mol. The maximum absolute atomic E-state index is 12.9. The van der Waals surface area contributed by atoms with Crippen molar-refractivity contribution < 1.29 is 4.79 Å². The van der Waals surface area contributed by atoms with Crippen molar-refractivity contribution in [1.82, 2.24) is 14.9 Å². The molecule has 0 radical (unpaired) electrons. The number of hydrogen-bond donors (Lipinski definition) is 1. The number of aryl methyl sites for hydroxylation is 2. The average Bonchev–Trinajstić information content (AvgIpc) is 3.05. The average molecular weight is 519 g/mol. The SMILES string of the molecule is Cc1nc(C)c(Cc2ccc(Cl)cc2)c(N2CCCN(C(=O)Nc3ccc(Cl)cc3Cl)CC2)n1. The number of nitrogens with zero attached hydrogens (tertiary/aromatic N) is 4. The van der Waals surface area contributed by atoms with Crippen LogP contribution in [-0.2, 0) is 6.42 Å². The van der Waals surface area contributed by atoms with Crippen LogP contribution in [0.3, 0.4) is 0 Å².